The second-order valence-electron chi connectivity index (χ2n) is 7.29. The highest BCUT2D eigenvalue weighted by Crippen LogP contribution is 2.20. The highest BCUT2D eigenvalue weighted by molar-refractivity contribution is 7.89. The molecule has 1 aromatic carbocycles. The molecule has 11 heteroatoms. The van der Waals surface area contributed by atoms with E-state index in [-0.39, 0.29) is 16.1 Å². The summed E-state index contributed by atoms with van der Waals surface area (Å²) in [6.07, 6.45) is 0.728. The molecule has 0 aliphatic carbocycles. The number of benzene rings is 1. The average molecular weight is 449 g/mol. The van der Waals surface area contributed by atoms with Gasteiger partial charge in [0.1, 0.15) is 11.3 Å². The van der Waals surface area contributed by atoms with Crippen LogP contribution in [0.15, 0.2) is 38.8 Å². The van der Waals surface area contributed by atoms with Gasteiger partial charge in [0.2, 0.25) is 10.0 Å². The molecule has 3 aromatic rings. The Morgan fingerprint density at radius 3 is 2.32 bits per heavy atom. The Morgan fingerprint density at radius 2 is 1.71 bits per heavy atom. The van der Waals surface area contributed by atoms with Gasteiger partial charge in [0.25, 0.3) is 5.56 Å². The molecule has 10 nitrogen and oxygen atoms in total. The number of aromatic nitrogens is 4. The lowest BCUT2D eigenvalue weighted by atomic mass is 10.2. The van der Waals surface area contributed by atoms with Crippen molar-refractivity contribution < 1.29 is 8.42 Å². The number of sulfonamides is 1. The van der Waals surface area contributed by atoms with E-state index in [2.05, 4.69) is 33.4 Å². The fraction of sp³-hybridized carbons (Fsp3) is 0.450. The lowest BCUT2D eigenvalue weighted by Gasteiger charge is -2.17. The number of nitrogens with one attached hydrogen (secondary N) is 2. The van der Waals surface area contributed by atoms with Gasteiger partial charge in [-0.05, 0) is 50.3 Å². The maximum absolute atomic E-state index is 12.5. The molecule has 0 radical (unpaired) electrons. The third kappa shape index (κ3) is 4.63. The summed E-state index contributed by atoms with van der Waals surface area (Å²) in [5, 5.41) is 0. The predicted octanol–water partition coefficient (Wildman–Crippen LogP) is 0.638. The molecule has 0 fully saturated rings. The molecule has 2 heterocycles. The first-order valence-electron chi connectivity index (χ1n) is 10.2. The molecule has 0 atom stereocenters. The van der Waals surface area contributed by atoms with Gasteiger partial charge < -0.3 is 9.88 Å². The van der Waals surface area contributed by atoms with Crippen molar-refractivity contribution in [2.75, 3.05) is 26.2 Å². The summed E-state index contributed by atoms with van der Waals surface area (Å²) in [5.41, 5.74) is 0.126. The Bertz CT molecular complexity index is 1280. The molecule has 0 aliphatic rings. The Kier molecular flexibility index (Phi) is 6.77. The summed E-state index contributed by atoms with van der Waals surface area (Å²) >= 11 is 0. The van der Waals surface area contributed by atoms with Gasteiger partial charge in [0.15, 0.2) is 5.65 Å². The van der Waals surface area contributed by atoms with Gasteiger partial charge >= 0.3 is 5.69 Å². The average Bonchev–Trinajstić information content (AvgIpc) is 3.22. The first kappa shape index (κ1) is 22.9. The standard InChI is InChI=1S/C20H28N6O4S/c1-5-26(6-2)13-7-12-21-31(29,30)15-10-8-14(9-11-15)17-22-16-18(23-17)24(3)20(28)25(4)19(16)27/h8-11,21H,5-7,12-13H2,1-4H3,(H,22,23). The number of rotatable bonds is 9. The number of hydrogen-bond donors (Lipinski definition) is 2. The Labute approximate surface area is 180 Å². The van der Waals surface area contributed by atoms with E-state index in [1.165, 1.54) is 30.8 Å². The smallest absolute Gasteiger partial charge is 0.332 e. The van der Waals surface area contributed by atoms with Crippen molar-refractivity contribution in [3.63, 3.8) is 0 Å². The quantitative estimate of drug-likeness (QED) is 0.463. The summed E-state index contributed by atoms with van der Waals surface area (Å²) in [6.45, 7) is 7.23. The Balaban J connectivity index is 1.78. The van der Waals surface area contributed by atoms with E-state index >= 15 is 0 Å². The Hall–Kier alpha value is -2.76. The van der Waals surface area contributed by atoms with E-state index in [1.54, 1.807) is 12.1 Å². The minimum Gasteiger partial charge on any atom is -0.332 e. The molecule has 0 amide bonds. The molecular formula is C20H28N6O4S. The highest BCUT2D eigenvalue weighted by Gasteiger charge is 2.16. The summed E-state index contributed by atoms with van der Waals surface area (Å²) in [6, 6.07) is 6.22. The first-order valence-corrected chi connectivity index (χ1v) is 11.7. The van der Waals surface area contributed by atoms with Gasteiger partial charge in [-0.1, -0.05) is 13.8 Å². The van der Waals surface area contributed by atoms with Crippen molar-refractivity contribution >= 4 is 21.2 Å². The van der Waals surface area contributed by atoms with E-state index in [0.29, 0.717) is 17.9 Å². The van der Waals surface area contributed by atoms with Crippen molar-refractivity contribution in [3.8, 4) is 11.4 Å². The molecule has 168 valence electrons. The topological polar surface area (TPSA) is 122 Å². The number of fused-ring (bicyclic) bond motifs is 1. The summed E-state index contributed by atoms with van der Waals surface area (Å²) in [5.74, 6) is 0.379. The number of hydrogen-bond acceptors (Lipinski definition) is 6. The van der Waals surface area contributed by atoms with Crippen LogP contribution in [0.4, 0.5) is 0 Å². The first-order chi connectivity index (χ1) is 14.7. The number of H-pyrrole nitrogens is 1. The Morgan fingerprint density at radius 1 is 1.06 bits per heavy atom. The monoisotopic (exact) mass is 448 g/mol. The molecule has 0 saturated carbocycles. The van der Waals surface area contributed by atoms with Gasteiger partial charge in [0, 0.05) is 26.2 Å². The van der Waals surface area contributed by atoms with Crippen LogP contribution in [0.1, 0.15) is 20.3 Å². The van der Waals surface area contributed by atoms with Gasteiger partial charge in [-0.15, -0.1) is 0 Å². The lowest BCUT2D eigenvalue weighted by molar-refractivity contribution is 0.300. The predicted molar refractivity (Wildman–Crippen MR) is 120 cm³/mol. The number of aromatic amines is 1. The molecule has 2 aromatic heterocycles. The molecule has 0 unspecified atom stereocenters. The van der Waals surface area contributed by atoms with Crippen LogP contribution >= 0.6 is 0 Å². The maximum atomic E-state index is 12.5. The van der Waals surface area contributed by atoms with Crippen molar-refractivity contribution in [1.82, 2.24) is 28.7 Å². The van der Waals surface area contributed by atoms with Crippen LogP contribution in [0.5, 0.6) is 0 Å². The number of aryl methyl sites for hydroxylation is 1. The zero-order valence-electron chi connectivity index (χ0n) is 18.2. The van der Waals surface area contributed by atoms with Crippen molar-refractivity contribution in [1.29, 1.82) is 0 Å². The molecule has 0 saturated heterocycles. The van der Waals surface area contributed by atoms with E-state index in [4.69, 9.17) is 0 Å². The van der Waals surface area contributed by atoms with Crippen LogP contribution in [0.3, 0.4) is 0 Å². The third-order valence-electron chi connectivity index (χ3n) is 5.37. The maximum Gasteiger partial charge on any atom is 0.332 e. The summed E-state index contributed by atoms with van der Waals surface area (Å²) in [7, 11) is -0.678. The molecule has 3 rings (SSSR count). The second-order valence-corrected chi connectivity index (χ2v) is 9.06. The van der Waals surface area contributed by atoms with Crippen LogP contribution in [-0.2, 0) is 24.1 Å². The van der Waals surface area contributed by atoms with Crippen molar-refractivity contribution in [2.45, 2.75) is 25.2 Å². The van der Waals surface area contributed by atoms with E-state index in [1.807, 2.05) is 0 Å². The number of imidazole rings is 1. The van der Waals surface area contributed by atoms with Crippen LogP contribution in [-0.4, -0.2) is 58.6 Å². The van der Waals surface area contributed by atoms with Gasteiger partial charge in [0.05, 0.1) is 4.90 Å². The third-order valence-corrected chi connectivity index (χ3v) is 6.85. The summed E-state index contributed by atoms with van der Waals surface area (Å²) < 4.78 is 30.0. The van der Waals surface area contributed by atoms with E-state index in [0.717, 1.165) is 30.6 Å². The molecule has 0 spiro atoms. The van der Waals surface area contributed by atoms with Crippen molar-refractivity contribution in [2.24, 2.45) is 14.1 Å². The summed E-state index contributed by atoms with van der Waals surface area (Å²) in [4.78, 5) is 34.1. The molecule has 31 heavy (non-hydrogen) atoms. The second kappa shape index (κ2) is 9.16. The SMILES string of the molecule is CCN(CC)CCCNS(=O)(=O)c1ccc(-c2nc3c([nH]2)c(=O)n(C)c(=O)n3C)cc1. The largest absolute Gasteiger partial charge is 0.332 e. The van der Waals surface area contributed by atoms with E-state index < -0.39 is 21.3 Å². The van der Waals surface area contributed by atoms with Gasteiger partial charge in [-0.25, -0.2) is 22.9 Å². The van der Waals surface area contributed by atoms with Crippen LogP contribution in [0.25, 0.3) is 22.6 Å². The molecular weight excluding hydrogens is 420 g/mol. The van der Waals surface area contributed by atoms with Crippen LogP contribution < -0.4 is 16.0 Å². The van der Waals surface area contributed by atoms with E-state index in [9.17, 15) is 18.0 Å². The lowest BCUT2D eigenvalue weighted by Crippen LogP contribution is -2.36. The fourth-order valence-electron chi connectivity index (χ4n) is 3.39. The van der Waals surface area contributed by atoms with Crippen LogP contribution in [0, 0.1) is 0 Å². The number of nitrogens with zero attached hydrogens (tertiary/aromatic N) is 4. The minimum atomic E-state index is -3.62. The zero-order valence-corrected chi connectivity index (χ0v) is 19.0. The molecule has 2 N–H and O–H groups in total. The normalized spacial score (nSPS) is 12.2. The fourth-order valence-corrected chi connectivity index (χ4v) is 4.46. The van der Waals surface area contributed by atoms with Gasteiger partial charge in [-0.2, -0.15) is 0 Å². The highest BCUT2D eigenvalue weighted by atomic mass is 32.2. The van der Waals surface area contributed by atoms with Gasteiger partial charge in [-0.3, -0.25) is 13.9 Å². The van der Waals surface area contributed by atoms with Crippen molar-refractivity contribution in [3.05, 3.63) is 45.1 Å². The molecule has 0 bridgehead atoms. The minimum absolute atomic E-state index is 0.151. The van der Waals surface area contributed by atoms with Crippen LogP contribution in [0.2, 0.25) is 0 Å². The molecule has 0 aliphatic heterocycles. The zero-order chi connectivity index (χ0) is 22.8.